The molecule has 0 aliphatic carbocycles. The largest absolute Gasteiger partial charge is 0.463 e. The standard InChI is InChI=1S/C14H19NO5/c1-3-19-12(16)14(18,13(17)20-4-2)9-8-11-7-5-6-10-15-11/h5-7,10,18H,3-4,8-9H2,1-2H3. The van der Waals surface area contributed by atoms with Gasteiger partial charge in [-0.3, -0.25) is 4.98 Å². The summed E-state index contributed by atoms with van der Waals surface area (Å²) in [6.45, 7) is 3.35. The van der Waals surface area contributed by atoms with Crippen LogP contribution in [-0.2, 0) is 25.5 Å². The zero-order valence-corrected chi connectivity index (χ0v) is 11.7. The van der Waals surface area contributed by atoms with Crippen LogP contribution < -0.4 is 0 Å². The van der Waals surface area contributed by atoms with Gasteiger partial charge in [0.2, 0.25) is 0 Å². The van der Waals surface area contributed by atoms with Gasteiger partial charge in [-0.05, 0) is 32.4 Å². The zero-order chi connectivity index (χ0) is 15.0. The Morgan fingerprint density at radius 3 is 2.25 bits per heavy atom. The van der Waals surface area contributed by atoms with Crippen LogP contribution in [-0.4, -0.2) is 40.8 Å². The first-order chi connectivity index (χ1) is 9.54. The topological polar surface area (TPSA) is 85.7 Å². The monoisotopic (exact) mass is 281 g/mol. The molecular formula is C14H19NO5. The summed E-state index contributed by atoms with van der Waals surface area (Å²) in [5.74, 6) is -1.98. The number of pyridine rings is 1. The van der Waals surface area contributed by atoms with Crippen molar-refractivity contribution in [3.63, 3.8) is 0 Å². The van der Waals surface area contributed by atoms with Crippen molar-refractivity contribution in [1.29, 1.82) is 0 Å². The maximum Gasteiger partial charge on any atom is 0.350 e. The molecular weight excluding hydrogens is 262 g/mol. The van der Waals surface area contributed by atoms with E-state index in [0.717, 1.165) is 0 Å². The summed E-state index contributed by atoms with van der Waals surface area (Å²) >= 11 is 0. The Hall–Kier alpha value is -1.95. The van der Waals surface area contributed by atoms with Gasteiger partial charge in [0.05, 0.1) is 13.2 Å². The van der Waals surface area contributed by atoms with Crippen LogP contribution in [0, 0.1) is 0 Å². The maximum atomic E-state index is 11.8. The second-order valence-electron chi connectivity index (χ2n) is 4.12. The van der Waals surface area contributed by atoms with Gasteiger partial charge in [0.25, 0.3) is 5.60 Å². The number of aliphatic hydroxyl groups is 1. The molecule has 1 heterocycles. The van der Waals surface area contributed by atoms with Crippen LogP contribution in [0.25, 0.3) is 0 Å². The average molecular weight is 281 g/mol. The second-order valence-corrected chi connectivity index (χ2v) is 4.12. The normalized spacial score (nSPS) is 10.9. The molecule has 0 amide bonds. The molecule has 0 aromatic carbocycles. The van der Waals surface area contributed by atoms with E-state index < -0.39 is 17.5 Å². The fourth-order valence-corrected chi connectivity index (χ4v) is 1.64. The summed E-state index contributed by atoms with van der Waals surface area (Å²) in [6, 6.07) is 5.29. The van der Waals surface area contributed by atoms with Crippen molar-refractivity contribution in [3.8, 4) is 0 Å². The highest BCUT2D eigenvalue weighted by atomic mass is 16.6. The molecule has 0 atom stereocenters. The first-order valence-electron chi connectivity index (χ1n) is 6.51. The Kier molecular flexibility index (Phi) is 6.11. The first kappa shape index (κ1) is 16.1. The van der Waals surface area contributed by atoms with Crippen molar-refractivity contribution < 1.29 is 24.2 Å². The number of rotatable bonds is 7. The van der Waals surface area contributed by atoms with Crippen molar-refractivity contribution in [2.75, 3.05) is 13.2 Å². The van der Waals surface area contributed by atoms with E-state index in [1.54, 1.807) is 38.2 Å². The highest BCUT2D eigenvalue weighted by Crippen LogP contribution is 2.18. The summed E-state index contributed by atoms with van der Waals surface area (Å²) in [5.41, 5.74) is -1.62. The smallest absolute Gasteiger partial charge is 0.350 e. The van der Waals surface area contributed by atoms with Gasteiger partial charge >= 0.3 is 11.9 Å². The van der Waals surface area contributed by atoms with E-state index in [-0.39, 0.29) is 26.1 Å². The Morgan fingerprint density at radius 2 is 1.80 bits per heavy atom. The van der Waals surface area contributed by atoms with Gasteiger partial charge in [-0.2, -0.15) is 0 Å². The summed E-state index contributed by atoms with van der Waals surface area (Å²) in [5, 5.41) is 10.3. The van der Waals surface area contributed by atoms with E-state index in [0.29, 0.717) is 5.69 Å². The van der Waals surface area contributed by atoms with E-state index in [9.17, 15) is 14.7 Å². The predicted octanol–water partition coefficient (Wildman–Crippen LogP) is 0.871. The number of esters is 2. The second kappa shape index (κ2) is 7.59. The summed E-state index contributed by atoms with van der Waals surface area (Å²) in [7, 11) is 0. The molecule has 1 aromatic rings. The lowest BCUT2D eigenvalue weighted by Gasteiger charge is -2.23. The Balaban J connectivity index is 2.82. The Morgan fingerprint density at radius 1 is 1.20 bits per heavy atom. The van der Waals surface area contributed by atoms with E-state index in [2.05, 4.69) is 4.98 Å². The van der Waals surface area contributed by atoms with Crippen molar-refractivity contribution in [3.05, 3.63) is 30.1 Å². The molecule has 0 unspecified atom stereocenters. The van der Waals surface area contributed by atoms with Crippen LogP contribution in [0.1, 0.15) is 26.0 Å². The molecule has 1 rings (SSSR count). The molecule has 0 saturated carbocycles. The van der Waals surface area contributed by atoms with Crippen LogP contribution >= 0.6 is 0 Å². The SMILES string of the molecule is CCOC(=O)C(O)(CCc1ccccn1)C(=O)OCC. The van der Waals surface area contributed by atoms with Crippen LogP contribution in [0.3, 0.4) is 0 Å². The van der Waals surface area contributed by atoms with Crippen LogP contribution in [0.5, 0.6) is 0 Å². The Labute approximate surface area is 117 Å². The molecule has 0 fully saturated rings. The quantitative estimate of drug-likeness (QED) is 0.589. The minimum atomic E-state index is -2.29. The summed E-state index contributed by atoms with van der Waals surface area (Å²) in [4.78, 5) is 27.7. The number of aromatic nitrogens is 1. The van der Waals surface area contributed by atoms with Gasteiger partial charge < -0.3 is 14.6 Å². The van der Waals surface area contributed by atoms with Crippen LogP contribution in [0.15, 0.2) is 24.4 Å². The number of nitrogens with zero attached hydrogens (tertiary/aromatic N) is 1. The molecule has 0 aliphatic heterocycles. The number of aryl methyl sites for hydroxylation is 1. The number of carbonyl (C=O) groups is 2. The molecule has 6 nitrogen and oxygen atoms in total. The number of hydrogen-bond acceptors (Lipinski definition) is 6. The molecule has 20 heavy (non-hydrogen) atoms. The molecule has 0 bridgehead atoms. The molecule has 0 aliphatic rings. The molecule has 0 radical (unpaired) electrons. The first-order valence-corrected chi connectivity index (χ1v) is 6.51. The predicted molar refractivity (Wildman–Crippen MR) is 70.8 cm³/mol. The van der Waals surface area contributed by atoms with Crippen molar-refractivity contribution in [2.45, 2.75) is 32.3 Å². The van der Waals surface area contributed by atoms with Crippen molar-refractivity contribution in [2.24, 2.45) is 0 Å². The summed E-state index contributed by atoms with van der Waals surface area (Å²) in [6.07, 6.45) is 1.72. The Bertz CT molecular complexity index is 428. The molecule has 6 heteroatoms. The average Bonchev–Trinajstić information content (AvgIpc) is 2.46. The van der Waals surface area contributed by atoms with Gasteiger partial charge in [-0.1, -0.05) is 6.07 Å². The van der Waals surface area contributed by atoms with E-state index in [1.165, 1.54) is 0 Å². The zero-order valence-electron chi connectivity index (χ0n) is 11.7. The highest BCUT2D eigenvalue weighted by molar-refractivity contribution is 6.03. The van der Waals surface area contributed by atoms with Gasteiger partial charge in [-0.15, -0.1) is 0 Å². The van der Waals surface area contributed by atoms with Gasteiger partial charge in [-0.25, -0.2) is 9.59 Å². The lowest BCUT2D eigenvalue weighted by Crippen LogP contribution is -2.49. The highest BCUT2D eigenvalue weighted by Gasteiger charge is 2.46. The van der Waals surface area contributed by atoms with Crippen molar-refractivity contribution in [1.82, 2.24) is 4.98 Å². The number of hydrogen-bond donors (Lipinski definition) is 1. The third-order valence-corrected chi connectivity index (χ3v) is 2.70. The van der Waals surface area contributed by atoms with Crippen LogP contribution in [0.2, 0.25) is 0 Å². The molecule has 1 N–H and O–H groups in total. The van der Waals surface area contributed by atoms with E-state index in [4.69, 9.17) is 9.47 Å². The fourth-order valence-electron chi connectivity index (χ4n) is 1.64. The lowest BCUT2D eigenvalue weighted by atomic mass is 9.96. The molecule has 1 aromatic heterocycles. The third-order valence-electron chi connectivity index (χ3n) is 2.70. The third kappa shape index (κ3) is 4.03. The van der Waals surface area contributed by atoms with E-state index in [1.807, 2.05) is 0 Å². The maximum absolute atomic E-state index is 11.8. The minimum absolute atomic E-state index is 0.0735. The van der Waals surface area contributed by atoms with Crippen molar-refractivity contribution >= 4 is 11.9 Å². The molecule has 0 spiro atoms. The van der Waals surface area contributed by atoms with Gasteiger partial charge in [0.1, 0.15) is 0 Å². The van der Waals surface area contributed by atoms with Gasteiger partial charge in [0.15, 0.2) is 0 Å². The fraction of sp³-hybridized carbons (Fsp3) is 0.500. The molecule has 110 valence electrons. The lowest BCUT2D eigenvalue weighted by molar-refractivity contribution is -0.184. The number of ether oxygens (including phenoxy) is 2. The molecule has 0 saturated heterocycles. The minimum Gasteiger partial charge on any atom is -0.463 e. The van der Waals surface area contributed by atoms with Crippen LogP contribution in [0.4, 0.5) is 0 Å². The van der Waals surface area contributed by atoms with E-state index >= 15 is 0 Å². The van der Waals surface area contributed by atoms with Gasteiger partial charge in [0, 0.05) is 18.3 Å². The number of carbonyl (C=O) groups excluding carboxylic acids is 2. The summed E-state index contributed by atoms with van der Waals surface area (Å²) < 4.78 is 9.51.